The first-order valence-electron chi connectivity index (χ1n) is 9.03. The molecule has 0 aliphatic carbocycles. The number of hydrogen-bond acceptors (Lipinski definition) is 2. The maximum absolute atomic E-state index is 12.9. The van der Waals surface area contributed by atoms with E-state index in [4.69, 9.17) is 11.6 Å². The molecule has 0 radical (unpaired) electrons. The lowest BCUT2D eigenvalue weighted by molar-refractivity contribution is -0.128. The minimum absolute atomic E-state index is 0.0739. The van der Waals surface area contributed by atoms with Crippen LogP contribution in [-0.2, 0) is 22.4 Å². The van der Waals surface area contributed by atoms with Crippen LogP contribution in [0, 0.1) is 5.92 Å². The zero-order chi connectivity index (χ0) is 18.1. The van der Waals surface area contributed by atoms with E-state index in [2.05, 4.69) is 6.07 Å². The van der Waals surface area contributed by atoms with Crippen LogP contribution in [0.15, 0.2) is 48.5 Å². The Morgan fingerprint density at radius 3 is 2.69 bits per heavy atom. The first-order chi connectivity index (χ1) is 12.6. The minimum Gasteiger partial charge on any atom is -0.342 e. The summed E-state index contributed by atoms with van der Waals surface area (Å²) in [5, 5.41) is 0.711. The highest BCUT2D eigenvalue weighted by molar-refractivity contribution is 6.30. The summed E-state index contributed by atoms with van der Waals surface area (Å²) in [5.74, 6) is -0.0824. The topological polar surface area (TPSA) is 40.6 Å². The molecule has 2 amide bonds. The largest absolute Gasteiger partial charge is 0.342 e. The van der Waals surface area contributed by atoms with E-state index in [0.29, 0.717) is 31.1 Å². The van der Waals surface area contributed by atoms with Gasteiger partial charge >= 0.3 is 0 Å². The van der Waals surface area contributed by atoms with Gasteiger partial charge in [-0.1, -0.05) is 41.9 Å². The molecule has 5 heteroatoms. The Balaban J connectivity index is 1.38. The number of nitrogens with zero attached hydrogens (tertiary/aromatic N) is 2. The van der Waals surface area contributed by atoms with Crippen LogP contribution in [0.25, 0.3) is 0 Å². The van der Waals surface area contributed by atoms with Gasteiger partial charge in [0.15, 0.2) is 0 Å². The summed E-state index contributed by atoms with van der Waals surface area (Å²) in [6, 6.07) is 15.7. The number of hydrogen-bond donors (Lipinski definition) is 0. The molecule has 26 heavy (non-hydrogen) atoms. The summed E-state index contributed by atoms with van der Waals surface area (Å²) in [5.41, 5.74) is 3.36. The fourth-order valence-electron chi connectivity index (χ4n) is 3.86. The molecule has 0 N–H and O–H groups in total. The van der Waals surface area contributed by atoms with Gasteiger partial charge in [-0.2, -0.15) is 0 Å². The standard InChI is InChI=1S/C21H21ClN2O2/c22-18-7-5-15(6-8-18)9-11-23-14-17(13-20(23)25)21(26)24-12-10-16-3-1-2-4-19(16)24/h1-8,17H,9-14H2. The van der Waals surface area contributed by atoms with Gasteiger partial charge in [-0.05, 0) is 42.2 Å². The third-order valence-corrected chi connectivity index (χ3v) is 5.55. The van der Waals surface area contributed by atoms with Crippen LogP contribution in [0.2, 0.25) is 5.02 Å². The quantitative estimate of drug-likeness (QED) is 0.830. The lowest BCUT2D eigenvalue weighted by atomic mass is 10.1. The maximum Gasteiger partial charge on any atom is 0.232 e. The van der Waals surface area contributed by atoms with Gasteiger partial charge in [0, 0.05) is 36.8 Å². The second kappa shape index (κ2) is 7.12. The average molecular weight is 369 g/mol. The normalized spacial score (nSPS) is 19.1. The number of likely N-dealkylation sites (tertiary alicyclic amines) is 1. The molecule has 134 valence electrons. The van der Waals surface area contributed by atoms with Crippen molar-refractivity contribution >= 4 is 29.1 Å². The summed E-state index contributed by atoms with van der Waals surface area (Å²) < 4.78 is 0. The van der Waals surface area contributed by atoms with Gasteiger partial charge in [-0.3, -0.25) is 9.59 Å². The van der Waals surface area contributed by atoms with Crippen molar-refractivity contribution in [2.45, 2.75) is 19.3 Å². The summed E-state index contributed by atoms with van der Waals surface area (Å²) in [7, 11) is 0. The molecule has 4 rings (SSSR count). The molecule has 0 bridgehead atoms. The van der Waals surface area contributed by atoms with Crippen molar-refractivity contribution in [2.24, 2.45) is 5.92 Å². The molecular weight excluding hydrogens is 348 g/mol. The second-order valence-corrected chi connectivity index (χ2v) is 7.42. The van der Waals surface area contributed by atoms with Gasteiger partial charge in [0.05, 0.1) is 5.92 Å². The fourth-order valence-corrected chi connectivity index (χ4v) is 3.98. The Kier molecular flexibility index (Phi) is 4.68. The van der Waals surface area contributed by atoms with E-state index < -0.39 is 0 Å². The van der Waals surface area contributed by atoms with Gasteiger partial charge in [0.2, 0.25) is 11.8 Å². The highest BCUT2D eigenvalue weighted by Gasteiger charge is 2.38. The summed E-state index contributed by atoms with van der Waals surface area (Å²) in [4.78, 5) is 29.0. The van der Waals surface area contributed by atoms with Crippen molar-refractivity contribution in [1.29, 1.82) is 0 Å². The first kappa shape index (κ1) is 17.1. The monoisotopic (exact) mass is 368 g/mol. The van der Waals surface area contributed by atoms with Gasteiger partial charge in [-0.25, -0.2) is 0 Å². The van der Waals surface area contributed by atoms with Crippen LogP contribution in [0.1, 0.15) is 17.5 Å². The van der Waals surface area contributed by atoms with Crippen LogP contribution >= 0.6 is 11.6 Å². The highest BCUT2D eigenvalue weighted by Crippen LogP contribution is 2.31. The van der Waals surface area contributed by atoms with Gasteiger partial charge in [0.1, 0.15) is 0 Å². The third-order valence-electron chi connectivity index (χ3n) is 5.30. The molecule has 4 nitrogen and oxygen atoms in total. The number of halogens is 1. The molecule has 2 aromatic carbocycles. The minimum atomic E-state index is -0.237. The van der Waals surface area contributed by atoms with Crippen molar-refractivity contribution in [3.05, 3.63) is 64.7 Å². The fraction of sp³-hybridized carbons (Fsp3) is 0.333. The molecule has 0 aromatic heterocycles. The number of benzene rings is 2. The van der Waals surface area contributed by atoms with E-state index in [-0.39, 0.29) is 17.7 Å². The number of carbonyl (C=O) groups is 2. The highest BCUT2D eigenvalue weighted by atomic mass is 35.5. The van der Waals surface area contributed by atoms with Crippen molar-refractivity contribution in [1.82, 2.24) is 4.90 Å². The van der Waals surface area contributed by atoms with Crippen LogP contribution in [0.5, 0.6) is 0 Å². The van der Waals surface area contributed by atoms with Crippen molar-refractivity contribution in [2.75, 3.05) is 24.5 Å². The molecule has 2 aromatic rings. The van der Waals surface area contributed by atoms with Crippen molar-refractivity contribution in [3.63, 3.8) is 0 Å². The van der Waals surface area contributed by atoms with Crippen LogP contribution in [0.4, 0.5) is 5.69 Å². The lowest BCUT2D eigenvalue weighted by Crippen LogP contribution is -2.36. The molecule has 1 unspecified atom stereocenters. The van der Waals surface area contributed by atoms with E-state index in [1.807, 2.05) is 52.3 Å². The molecule has 2 heterocycles. The Bertz CT molecular complexity index is 834. The smallest absolute Gasteiger partial charge is 0.232 e. The molecule has 1 atom stereocenters. The van der Waals surface area contributed by atoms with Crippen molar-refractivity contribution in [3.8, 4) is 0 Å². The molecule has 0 spiro atoms. The number of amides is 2. The van der Waals surface area contributed by atoms with Gasteiger partial charge < -0.3 is 9.80 Å². The van der Waals surface area contributed by atoms with Crippen molar-refractivity contribution < 1.29 is 9.59 Å². The van der Waals surface area contributed by atoms with E-state index in [1.165, 1.54) is 5.56 Å². The van der Waals surface area contributed by atoms with E-state index in [0.717, 1.165) is 24.1 Å². The number of rotatable bonds is 4. The van der Waals surface area contributed by atoms with E-state index in [9.17, 15) is 9.59 Å². The summed E-state index contributed by atoms with van der Waals surface area (Å²) >= 11 is 5.91. The molecule has 0 saturated carbocycles. The van der Waals surface area contributed by atoms with E-state index >= 15 is 0 Å². The Hall–Kier alpha value is -2.33. The van der Waals surface area contributed by atoms with Crippen LogP contribution < -0.4 is 4.90 Å². The summed E-state index contributed by atoms with van der Waals surface area (Å²) in [6.07, 6.45) is 1.98. The Morgan fingerprint density at radius 2 is 1.88 bits per heavy atom. The average Bonchev–Trinajstić information content (AvgIpc) is 3.24. The predicted octanol–water partition coefficient (Wildman–Crippen LogP) is 3.32. The molecule has 2 aliphatic heterocycles. The first-order valence-corrected chi connectivity index (χ1v) is 9.41. The molecule has 2 aliphatic rings. The van der Waals surface area contributed by atoms with E-state index in [1.54, 1.807) is 0 Å². The lowest BCUT2D eigenvalue weighted by Gasteiger charge is -2.21. The van der Waals surface area contributed by atoms with Crippen LogP contribution in [-0.4, -0.2) is 36.3 Å². The molecule has 1 saturated heterocycles. The Labute approximate surface area is 158 Å². The van der Waals surface area contributed by atoms with Gasteiger partial charge in [0.25, 0.3) is 0 Å². The van der Waals surface area contributed by atoms with Crippen LogP contribution in [0.3, 0.4) is 0 Å². The second-order valence-electron chi connectivity index (χ2n) is 6.99. The summed E-state index contributed by atoms with van der Waals surface area (Å²) in [6.45, 7) is 1.87. The predicted molar refractivity (Wildman–Crippen MR) is 102 cm³/mol. The Morgan fingerprint density at radius 1 is 1.12 bits per heavy atom. The SMILES string of the molecule is O=C1CC(C(=O)N2CCc3ccccc32)CN1CCc1ccc(Cl)cc1. The zero-order valence-corrected chi connectivity index (χ0v) is 15.3. The third kappa shape index (κ3) is 3.34. The number of fused-ring (bicyclic) bond motifs is 1. The zero-order valence-electron chi connectivity index (χ0n) is 14.5. The molecular formula is C21H21ClN2O2. The number of carbonyl (C=O) groups excluding carboxylic acids is 2. The van der Waals surface area contributed by atoms with Gasteiger partial charge in [-0.15, -0.1) is 0 Å². The number of anilines is 1. The number of para-hydroxylation sites is 1. The maximum atomic E-state index is 12.9. The molecule has 1 fully saturated rings.